The molecule has 116 valence electrons. The molecule has 1 saturated heterocycles. The molecule has 1 atom stereocenters. The van der Waals surface area contributed by atoms with Crippen LogP contribution in [0.5, 0.6) is 0 Å². The zero-order valence-electron chi connectivity index (χ0n) is 12.5. The van der Waals surface area contributed by atoms with Gasteiger partial charge in [0.15, 0.2) is 5.82 Å². The van der Waals surface area contributed by atoms with Crippen LogP contribution in [0.25, 0.3) is 11.0 Å². The summed E-state index contributed by atoms with van der Waals surface area (Å²) in [4.78, 5) is 21.6. The van der Waals surface area contributed by atoms with Crippen molar-refractivity contribution in [1.29, 1.82) is 0 Å². The van der Waals surface area contributed by atoms with Gasteiger partial charge in [-0.1, -0.05) is 30.3 Å². The van der Waals surface area contributed by atoms with Crippen molar-refractivity contribution in [3.05, 3.63) is 65.7 Å². The van der Waals surface area contributed by atoms with E-state index < -0.39 is 0 Å². The van der Waals surface area contributed by atoms with Crippen molar-refractivity contribution < 1.29 is 9.18 Å². The lowest BCUT2D eigenvalue weighted by atomic mass is 9.99. The highest BCUT2D eigenvalue weighted by molar-refractivity contribution is 5.94. The Bertz CT molecular complexity index is 859. The standard InChI is InChI=1S/C18H16FN3O/c19-14-6-7-15-16(10-14)21-17(20-15)18(23)22-9-8-13(11-22)12-4-2-1-3-5-12/h1-7,10,13H,8-9,11H2,(H,20,21). The fourth-order valence-electron chi connectivity index (χ4n) is 3.17. The topological polar surface area (TPSA) is 49.0 Å². The number of rotatable bonds is 2. The number of hydrogen-bond donors (Lipinski definition) is 1. The summed E-state index contributed by atoms with van der Waals surface area (Å²) < 4.78 is 13.2. The molecule has 1 fully saturated rings. The molecule has 1 unspecified atom stereocenters. The minimum absolute atomic E-state index is 0.125. The number of aromatic nitrogens is 2. The van der Waals surface area contributed by atoms with Crippen LogP contribution in [0.15, 0.2) is 48.5 Å². The molecule has 5 heteroatoms. The van der Waals surface area contributed by atoms with Crippen LogP contribution >= 0.6 is 0 Å². The molecule has 0 bridgehead atoms. The molecule has 4 rings (SSSR count). The van der Waals surface area contributed by atoms with Crippen molar-refractivity contribution in [2.24, 2.45) is 0 Å². The largest absolute Gasteiger partial charge is 0.335 e. The minimum atomic E-state index is -0.342. The number of amides is 1. The monoisotopic (exact) mass is 309 g/mol. The van der Waals surface area contributed by atoms with Gasteiger partial charge in [0.1, 0.15) is 5.82 Å². The van der Waals surface area contributed by atoms with Gasteiger partial charge < -0.3 is 9.88 Å². The molecule has 3 aromatic rings. The summed E-state index contributed by atoms with van der Waals surface area (Å²) in [6.45, 7) is 1.40. The number of benzene rings is 2. The lowest BCUT2D eigenvalue weighted by molar-refractivity contribution is 0.0780. The molecule has 0 spiro atoms. The fourth-order valence-corrected chi connectivity index (χ4v) is 3.17. The van der Waals surface area contributed by atoms with Gasteiger partial charge in [0.25, 0.3) is 5.91 Å². The Kier molecular flexibility index (Phi) is 3.33. The average molecular weight is 309 g/mol. The van der Waals surface area contributed by atoms with Crippen LogP contribution < -0.4 is 0 Å². The highest BCUT2D eigenvalue weighted by Crippen LogP contribution is 2.28. The van der Waals surface area contributed by atoms with Crippen LogP contribution in [-0.4, -0.2) is 33.9 Å². The summed E-state index contributed by atoms with van der Waals surface area (Å²) in [5.41, 5.74) is 2.41. The molecule has 1 aliphatic heterocycles. The number of likely N-dealkylation sites (tertiary alicyclic amines) is 1. The number of aromatic amines is 1. The third-order valence-corrected chi connectivity index (χ3v) is 4.39. The first kappa shape index (κ1) is 13.9. The maximum atomic E-state index is 13.2. The lowest BCUT2D eigenvalue weighted by Crippen LogP contribution is -2.29. The van der Waals surface area contributed by atoms with E-state index >= 15 is 0 Å². The number of carbonyl (C=O) groups is 1. The Labute approximate surface area is 133 Å². The van der Waals surface area contributed by atoms with Crippen LogP contribution in [-0.2, 0) is 0 Å². The third kappa shape index (κ3) is 2.59. The molecule has 2 aromatic carbocycles. The van der Waals surface area contributed by atoms with Gasteiger partial charge in [-0.3, -0.25) is 4.79 Å². The van der Waals surface area contributed by atoms with Gasteiger partial charge in [-0.05, 0) is 30.2 Å². The van der Waals surface area contributed by atoms with Crippen molar-refractivity contribution >= 4 is 16.9 Å². The fraction of sp³-hybridized carbons (Fsp3) is 0.222. The number of halogens is 1. The highest BCUT2D eigenvalue weighted by Gasteiger charge is 2.29. The molecule has 0 aliphatic carbocycles. The molecule has 0 radical (unpaired) electrons. The van der Waals surface area contributed by atoms with Gasteiger partial charge in [-0.2, -0.15) is 0 Å². The maximum Gasteiger partial charge on any atom is 0.289 e. The highest BCUT2D eigenvalue weighted by atomic mass is 19.1. The molecule has 2 heterocycles. The van der Waals surface area contributed by atoms with Crippen molar-refractivity contribution in [2.75, 3.05) is 13.1 Å². The van der Waals surface area contributed by atoms with Crippen molar-refractivity contribution in [1.82, 2.24) is 14.9 Å². The van der Waals surface area contributed by atoms with E-state index in [9.17, 15) is 9.18 Å². The van der Waals surface area contributed by atoms with E-state index in [2.05, 4.69) is 22.1 Å². The van der Waals surface area contributed by atoms with E-state index in [0.717, 1.165) is 6.42 Å². The summed E-state index contributed by atoms with van der Waals surface area (Å²) in [6, 6.07) is 14.5. The number of nitrogens with one attached hydrogen (secondary N) is 1. The second-order valence-electron chi connectivity index (χ2n) is 5.89. The summed E-state index contributed by atoms with van der Waals surface area (Å²) >= 11 is 0. The van der Waals surface area contributed by atoms with Gasteiger partial charge in [-0.15, -0.1) is 0 Å². The molecule has 4 nitrogen and oxygen atoms in total. The van der Waals surface area contributed by atoms with Crippen molar-refractivity contribution in [3.63, 3.8) is 0 Å². The minimum Gasteiger partial charge on any atom is -0.335 e. The summed E-state index contributed by atoms with van der Waals surface area (Å²) in [5.74, 6) is 0.173. The van der Waals surface area contributed by atoms with Crippen molar-refractivity contribution in [3.8, 4) is 0 Å². The van der Waals surface area contributed by atoms with Gasteiger partial charge >= 0.3 is 0 Å². The Hall–Kier alpha value is -2.69. The Morgan fingerprint density at radius 2 is 2.04 bits per heavy atom. The number of carbonyl (C=O) groups excluding carboxylic acids is 1. The van der Waals surface area contributed by atoms with Gasteiger partial charge in [0, 0.05) is 19.0 Å². The molecular weight excluding hydrogens is 293 g/mol. The first-order valence-electron chi connectivity index (χ1n) is 7.70. The normalized spacial score (nSPS) is 17.8. The molecule has 1 N–H and O–H groups in total. The molecule has 1 aromatic heterocycles. The van der Waals surface area contributed by atoms with E-state index in [1.54, 1.807) is 6.07 Å². The summed E-state index contributed by atoms with van der Waals surface area (Å²) in [5, 5.41) is 0. The molecule has 0 saturated carbocycles. The summed E-state index contributed by atoms with van der Waals surface area (Å²) in [6.07, 6.45) is 0.949. The van der Waals surface area contributed by atoms with E-state index in [0.29, 0.717) is 30.0 Å². The SMILES string of the molecule is O=C(c1nc2ccc(F)cc2[nH]1)N1CCC(c2ccccc2)C1. The van der Waals surface area contributed by atoms with E-state index in [-0.39, 0.29) is 17.5 Å². The van der Waals surface area contributed by atoms with E-state index in [1.165, 1.54) is 17.7 Å². The van der Waals surface area contributed by atoms with Crippen LogP contribution in [0, 0.1) is 5.82 Å². The van der Waals surface area contributed by atoms with Crippen LogP contribution in [0.3, 0.4) is 0 Å². The van der Waals surface area contributed by atoms with Crippen LogP contribution in [0.4, 0.5) is 4.39 Å². The quantitative estimate of drug-likeness (QED) is 0.789. The molecule has 23 heavy (non-hydrogen) atoms. The van der Waals surface area contributed by atoms with Crippen LogP contribution in [0.2, 0.25) is 0 Å². The number of nitrogens with zero attached hydrogens (tertiary/aromatic N) is 2. The predicted octanol–water partition coefficient (Wildman–Crippen LogP) is 3.33. The molecule has 1 amide bonds. The number of fused-ring (bicyclic) bond motifs is 1. The first-order valence-corrected chi connectivity index (χ1v) is 7.70. The average Bonchev–Trinajstić information content (AvgIpc) is 3.21. The number of H-pyrrole nitrogens is 1. The van der Waals surface area contributed by atoms with E-state index in [4.69, 9.17) is 0 Å². The molecule has 1 aliphatic rings. The smallest absolute Gasteiger partial charge is 0.289 e. The Morgan fingerprint density at radius 1 is 1.22 bits per heavy atom. The third-order valence-electron chi connectivity index (χ3n) is 4.39. The lowest BCUT2D eigenvalue weighted by Gasteiger charge is -2.15. The Morgan fingerprint density at radius 3 is 2.87 bits per heavy atom. The first-order chi connectivity index (χ1) is 11.2. The predicted molar refractivity (Wildman–Crippen MR) is 85.8 cm³/mol. The number of hydrogen-bond acceptors (Lipinski definition) is 2. The van der Waals surface area contributed by atoms with Crippen LogP contribution in [0.1, 0.15) is 28.5 Å². The maximum absolute atomic E-state index is 13.2. The Balaban J connectivity index is 1.55. The number of imidazole rings is 1. The second kappa shape index (κ2) is 5.50. The molecular formula is C18H16FN3O. The summed E-state index contributed by atoms with van der Waals surface area (Å²) in [7, 11) is 0. The van der Waals surface area contributed by atoms with Crippen molar-refractivity contribution in [2.45, 2.75) is 12.3 Å². The second-order valence-corrected chi connectivity index (χ2v) is 5.89. The van der Waals surface area contributed by atoms with Gasteiger partial charge in [-0.25, -0.2) is 9.37 Å². The zero-order chi connectivity index (χ0) is 15.8. The zero-order valence-corrected chi connectivity index (χ0v) is 12.5. The van der Waals surface area contributed by atoms with Gasteiger partial charge in [0.05, 0.1) is 11.0 Å². The van der Waals surface area contributed by atoms with Gasteiger partial charge in [0.2, 0.25) is 0 Å². The van der Waals surface area contributed by atoms with E-state index in [1.807, 2.05) is 23.1 Å².